The van der Waals surface area contributed by atoms with Gasteiger partial charge in [0.25, 0.3) is 0 Å². The van der Waals surface area contributed by atoms with Crippen LogP contribution in [0.2, 0.25) is 0 Å². The number of nitrogens with zero attached hydrogens (tertiary/aromatic N) is 1. The lowest BCUT2D eigenvalue weighted by Crippen LogP contribution is -2.41. The van der Waals surface area contributed by atoms with Crippen LogP contribution in [0.1, 0.15) is 25.8 Å². The molecule has 27 heavy (non-hydrogen) atoms. The lowest BCUT2D eigenvalue weighted by Gasteiger charge is -2.26. The predicted molar refractivity (Wildman–Crippen MR) is 113 cm³/mol. The minimum absolute atomic E-state index is 0. The molecule has 1 aromatic carbocycles. The summed E-state index contributed by atoms with van der Waals surface area (Å²) in [6.45, 7) is 9.54. The number of ether oxygens (including phenoxy) is 2. The van der Waals surface area contributed by atoms with Crippen molar-refractivity contribution in [3.8, 4) is 5.75 Å². The van der Waals surface area contributed by atoms with Crippen LogP contribution in [0.3, 0.4) is 0 Å². The Hall–Kier alpha value is -1.05. The van der Waals surface area contributed by atoms with Gasteiger partial charge in [0.2, 0.25) is 5.91 Å². The number of halogens is 2. The monoisotopic (exact) mass is 421 g/mol. The first-order valence-corrected chi connectivity index (χ1v) is 9.10. The molecule has 6 nitrogen and oxygen atoms in total. The Labute approximate surface area is 175 Å². The SMILES string of the molecule is CC(C)C[C@H](N)C(=O)NCc1ccccc1OCCN1CCOCC1.Cl.Cl. The first kappa shape index (κ1) is 26.0. The van der Waals surface area contributed by atoms with Crippen LogP contribution in [-0.2, 0) is 16.1 Å². The second-order valence-corrected chi connectivity index (χ2v) is 6.86. The van der Waals surface area contributed by atoms with Crippen LogP contribution < -0.4 is 15.8 Å². The number of nitrogens with two attached hydrogens (primary N) is 1. The van der Waals surface area contributed by atoms with E-state index in [1.54, 1.807) is 0 Å². The van der Waals surface area contributed by atoms with Crippen LogP contribution >= 0.6 is 24.8 Å². The number of carbonyl (C=O) groups excluding carboxylic acids is 1. The summed E-state index contributed by atoms with van der Waals surface area (Å²) in [7, 11) is 0. The highest BCUT2D eigenvalue weighted by Crippen LogP contribution is 2.18. The lowest BCUT2D eigenvalue weighted by molar-refractivity contribution is -0.122. The zero-order chi connectivity index (χ0) is 18.1. The van der Waals surface area contributed by atoms with Gasteiger partial charge in [0, 0.05) is 31.7 Å². The molecule has 2 rings (SSSR count). The van der Waals surface area contributed by atoms with Gasteiger partial charge >= 0.3 is 0 Å². The molecule has 1 atom stereocenters. The Bertz CT molecular complexity index is 541. The van der Waals surface area contributed by atoms with Crippen molar-refractivity contribution in [3.63, 3.8) is 0 Å². The molecule has 0 saturated carbocycles. The minimum atomic E-state index is -0.464. The van der Waals surface area contributed by atoms with Crippen molar-refractivity contribution in [2.24, 2.45) is 11.7 Å². The van der Waals surface area contributed by atoms with Crippen molar-refractivity contribution in [2.45, 2.75) is 32.9 Å². The normalized spacial score (nSPS) is 15.4. The van der Waals surface area contributed by atoms with E-state index < -0.39 is 6.04 Å². The minimum Gasteiger partial charge on any atom is -0.492 e. The summed E-state index contributed by atoms with van der Waals surface area (Å²) in [6.07, 6.45) is 0.684. The maximum atomic E-state index is 12.1. The molecule has 1 aliphatic heterocycles. The number of nitrogens with one attached hydrogen (secondary N) is 1. The fraction of sp³-hybridized carbons (Fsp3) is 0.632. The summed E-state index contributed by atoms with van der Waals surface area (Å²) in [5.41, 5.74) is 6.89. The van der Waals surface area contributed by atoms with E-state index >= 15 is 0 Å². The van der Waals surface area contributed by atoms with Crippen LogP contribution in [0, 0.1) is 5.92 Å². The highest BCUT2D eigenvalue weighted by molar-refractivity contribution is 5.85. The quantitative estimate of drug-likeness (QED) is 0.638. The molecule has 3 N–H and O–H groups in total. The molecule has 0 aromatic heterocycles. The molecule has 0 spiro atoms. The number of para-hydroxylation sites is 1. The van der Waals surface area contributed by atoms with Crippen LogP contribution in [0.25, 0.3) is 0 Å². The van der Waals surface area contributed by atoms with Gasteiger partial charge in [-0.3, -0.25) is 9.69 Å². The van der Waals surface area contributed by atoms with Gasteiger partial charge in [0.1, 0.15) is 12.4 Å². The molecule has 1 saturated heterocycles. The number of hydrogen-bond donors (Lipinski definition) is 2. The molecule has 0 bridgehead atoms. The van der Waals surface area contributed by atoms with E-state index in [-0.39, 0.29) is 30.7 Å². The highest BCUT2D eigenvalue weighted by atomic mass is 35.5. The van der Waals surface area contributed by atoms with Crippen LogP contribution in [-0.4, -0.2) is 56.3 Å². The molecule has 0 aliphatic carbocycles. The van der Waals surface area contributed by atoms with Gasteiger partial charge in [-0.1, -0.05) is 32.0 Å². The van der Waals surface area contributed by atoms with Crippen LogP contribution in [0.4, 0.5) is 0 Å². The van der Waals surface area contributed by atoms with Crippen molar-refractivity contribution in [1.29, 1.82) is 0 Å². The van der Waals surface area contributed by atoms with Crippen molar-refractivity contribution in [3.05, 3.63) is 29.8 Å². The molecule has 0 radical (unpaired) electrons. The first-order valence-electron chi connectivity index (χ1n) is 9.10. The topological polar surface area (TPSA) is 76.8 Å². The fourth-order valence-corrected chi connectivity index (χ4v) is 2.83. The summed E-state index contributed by atoms with van der Waals surface area (Å²) in [5, 5.41) is 2.91. The summed E-state index contributed by atoms with van der Waals surface area (Å²) < 4.78 is 11.3. The predicted octanol–water partition coefficient (Wildman–Crippen LogP) is 2.23. The average Bonchev–Trinajstić information content (AvgIpc) is 2.61. The van der Waals surface area contributed by atoms with E-state index in [0.29, 0.717) is 25.5 Å². The van der Waals surface area contributed by atoms with Crippen molar-refractivity contribution >= 4 is 30.7 Å². The maximum Gasteiger partial charge on any atom is 0.237 e. The Balaban J connectivity index is 0.00000338. The van der Waals surface area contributed by atoms with Crippen molar-refractivity contribution in [2.75, 3.05) is 39.5 Å². The zero-order valence-corrected chi connectivity index (χ0v) is 17.8. The summed E-state index contributed by atoms with van der Waals surface area (Å²) >= 11 is 0. The van der Waals surface area contributed by atoms with Gasteiger partial charge in [-0.2, -0.15) is 0 Å². The van der Waals surface area contributed by atoms with Gasteiger partial charge in [-0.05, 0) is 18.4 Å². The van der Waals surface area contributed by atoms with Gasteiger partial charge < -0.3 is 20.5 Å². The first-order chi connectivity index (χ1) is 12.1. The van der Waals surface area contributed by atoms with E-state index in [0.717, 1.165) is 44.2 Å². The Kier molecular flexibility index (Phi) is 13.5. The van der Waals surface area contributed by atoms with Gasteiger partial charge in [-0.25, -0.2) is 0 Å². The van der Waals surface area contributed by atoms with E-state index in [1.807, 2.05) is 24.3 Å². The Morgan fingerprint density at radius 3 is 2.59 bits per heavy atom. The van der Waals surface area contributed by atoms with Crippen LogP contribution in [0.15, 0.2) is 24.3 Å². The van der Waals surface area contributed by atoms with Crippen LogP contribution in [0.5, 0.6) is 5.75 Å². The standard InChI is InChI=1S/C19H31N3O3.2ClH/c1-15(2)13-17(20)19(23)21-14-16-5-3-4-6-18(16)25-12-9-22-7-10-24-11-8-22;;/h3-6,15,17H,7-14,20H2,1-2H3,(H,21,23);2*1H/t17-;;/m0../s1. The second-order valence-electron chi connectivity index (χ2n) is 6.86. The maximum absolute atomic E-state index is 12.1. The molecular weight excluding hydrogens is 389 g/mol. The number of carbonyl (C=O) groups is 1. The smallest absolute Gasteiger partial charge is 0.237 e. The van der Waals surface area contributed by atoms with Gasteiger partial charge in [-0.15, -0.1) is 24.8 Å². The highest BCUT2D eigenvalue weighted by Gasteiger charge is 2.15. The number of amides is 1. The van der Waals surface area contributed by atoms with E-state index in [1.165, 1.54) is 0 Å². The Morgan fingerprint density at radius 1 is 1.26 bits per heavy atom. The summed E-state index contributed by atoms with van der Waals surface area (Å²) in [4.78, 5) is 14.4. The molecular formula is C19H33Cl2N3O3. The summed E-state index contributed by atoms with van der Waals surface area (Å²) in [5.74, 6) is 1.10. The lowest BCUT2D eigenvalue weighted by atomic mass is 10.0. The number of benzene rings is 1. The molecule has 1 aliphatic rings. The van der Waals surface area contributed by atoms with E-state index in [2.05, 4.69) is 24.1 Å². The number of morpholine rings is 1. The molecule has 0 unspecified atom stereocenters. The number of rotatable bonds is 9. The average molecular weight is 422 g/mol. The molecule has 1 heterocycles. The van der Waals surface area contributed by atoms with Crippen molar-refractivity contribution < 1.29 is 14.3 Å². The molecule has 8 heteroatoms. The van der Waals surface area contributed by atoms with Gasteiger partial charge in [0.05, 0.1) is 19.3 Å². The fourth-order valence-electron chi connectivity index (χ4n) is 2.83. The molecule has 1 fully saturated rings. The molecule has 1 aromatic rings. The largest absolute Gasteiger partial charge is 0.492 e. The zero-order valence-electron chi connectivity index (χ0n) is 16.2. The van der Waals surface area contributed by atoms with Crippen molar-refractivity contribution in [1.82, 2.24) is 10.2 Å². The third kappa shape index (κ3) is 9.63. The third-order valence-corrected chi connectivity index (χ3v) is 4.26. The molecule has 156 valence electrons. The van der Waals surface area contributed by atoms with E-state index in [9.17, 15) is 4.79 Å². The molecule has 1 amide bonds. The van der Waals surface area contributed by atoms with Gasteiger partial charge in [0.15, 0.2) is 0 Å². The number of hydrogen-bond acceptors (Lipinski definition) is 5. The third-order valence-electron chi connectivity index (χ3n) is 4.26. The Morgan fingerprint density at radius 2 is 1.93 bits per heavy atom. The summed E-state index contributed by atoms with van der Waals surface area (Å²) in [6, 6.07) is 7.34. The second kappa shape index (κ2) is 14.0. The van der Waals surface area contributed by atoms with E-state index in [4.69, 9.17) is 15.2 Å².